The lowest BCUT2D eigenvalue weighted by Gasteiger charge is -2.20. The minimum absolute atomic E-state index is 0.293. The fraction of sp³-hybridized carbons (Fsp3) is 0.176. The summed E-state index contributed by atoms with van der Waals surface area (Å²) in [7, 11) is 0. The maximum absolute atomic E-state index is 13.4. The first-order valence-electron chi connectivity index (χ1n) is 6.97. The van der Waals surface area contributed by atoms with Crippen molar-refractivity contribution in [2.24, 2.45) is 5.10 Å². The Kier molecular flexibility index (Phi) is 5.51. The zero-order chi connectivity index (χ0) is 16.7. The average molecular weight is 320 g/mol. The first-order valence-corrected chi connectivity index (χ1v) is 6.97. The highest BCUT2D eigenvalue weighted by Gasteiger charge is 2.41. The second-order valence-electron chi connectivity index (χ2n) is 4.84. The minimum atomic E-state index is -4.65. The standard InChI is InChI=1S/C17H15F3N2O/c18-17(19,20)16(22-21-14-9-5-2-6-10-14)15(11-12-23)13-7-3-1-4-8-13/h1-10,12,15,21H,11H2/b22-16+. The van der Waals surface area contributed by atoms with Gasteiger partial charge in [-0.15, -0.1) is 0 Å². The quantitative estimate of drug-likeness (QED) is 0.487. The molecule has 6 heteroatoms. The van der Waals surface area contributed by atoms with E-state index in [0.717, 1.165) is 0 Å². The third-order valence-corrected chi connectivity index (χ3v) is 3.23. The SMILES string of the molecule is O=CCC(/C(=N\Nc1ccccc1)C(F)(F)F)c1ccccc1. The molecule has 2 aromatic carbocycles. The zero-order valence-electron chi connectivity index (χ0n) is 12.1. The maximum Gasteiger partial charge on any atom is 0.431 e. The Bertz CT molecular complexity index is 655. The van der Waals surface area contributed by atoms with Crippen molar-refractivity contribution in [3.63, 3.8) is 0 Å². The van der Waals surface area contributed by atoms with Crippen LogP contribution in [0.25, 0.3) is 0 Å². The van der Waals surface area contributed by atoms with Crippen molar-refractivity contribution in [2.45, 2.75) is 18.5 Å². The fourth-order valence-corrected chi connectivity index (χ4v) is 2.16. The second-order valence-corrected chi connectivity index (χ2v) is 4.84. The van der Waals surface area contributed by atoms with Crippen LogP contribution in [0.4, 0.5) is 18.9 Å². The van der Waals surface area contributed by atoms with Gasteiger partial charge in [0.1, 0.15) is 12.0 Å². The van der Waals surface area contributed by atoms with Crippen molar-refractivity contribution in [1.29, 1.82) is 0 Å². The van der Waals surface area contributed by atoms with Crippen LogP contribution < -0.4 is 5.43 Å². The number of rotatable bonds is 6. The number of anilines is 1. The molecule has 0 saturated heterocycles. The molecule has 0 aliphatic carbocycles. The van der Waals surface area contributed by atoms with Crippen LogP contribution in [0, 0.1) is 0 Å². The van der Waals surface area contributed by atoms with Crippen LogP contribution in [0.5, 0.6) is 0 Å². The van der Waals surface area contributed by atoms with E-state index in [0.29, 0.717) is 17.5 Å². The molecule has 0 spiro atoms. The van der Waals surface area contributed by atoms with Crippen LogP contribution in [0.1, 0.15) is 17.9 Å². The Labute approximate surface area is 131 Å². The molecule has 0 radical (unpaired) electrons. The molecule has 23 heavy (non-hydrogen) atoms. The smallest absolute Gasteiger partial charge is 0.303 e. The molecule has 0 amide bonds. The summed E-state index contributed by atoms with van der Waals surface area (Å²) in [4.78, 5) is 10.9. The highest BCUT2D eigenvalue weighted by atomic mass is 19.4. The number of hydrazone groups is 1. The number of aldehydes is 1. The number of halogens is 3. The van der Waals surface area contributed by atoms with E-state index >= 15 is 0 Å². The van der Waals surface area contributed by atoms with Crippen LogP contribution in [-0.4, -0.2) is 18.2 Å². The lowest BCUT2D eigenvalue weighted by Crippen LogP contribution is -2.31. The second kappa shape index (κ2) is 7.58. The monoisotopic (exact) mass is 320 g/mol. The van der Waals surface area contributed by atoms with E-state index in [1.165, 1.54) is 0 Å². The van der Waals surface area contributed by atoms with E-state index in [9.17, 15) is 18.0 Å². The van der Waals surface area contributed by atoms with Crippen LogP contribution >= 0.6 is 0 Å². The van der Waals surface area contributed by atoms with Gasteiger partial charge in [0.2, 0.25) is 0 Å². The van der Waals surface area contributed by atoms with Crippen LogP contribution in [0.2, 0.25) is 0 Å². The van der Waals surface area contributed by atoms with Crippen molar-refractivity contribution in [2.75, 3.05) is 5.43 Å². The first kappa shape index (κ1) is 16.7. The molecule has 3 nitrogen and oxygen atoms in total. The number of alkyl halides is 3. The summed E-state index contributed by atoms with van der Waals surface area (Å²) in [5, 5.41) is 3.54. The number of hydrogen-bond acceptors (Lipinski definition) is 3. The molecule has 1 unspecified atom stereocenters. The van der Waals surface area contributed by atoms with Gasteiger partial charge in [0.15, 0.2) is 0 Å². The summed E-state index contributed by atoms with van der Waals surface area (Å²) in [6.07, 6.45) is -4.47. The van der Waals surface area contributed by atoms with E-state index in [1.54, 1.807) is 60.7 Å². The summed E-state index contributed by atoms with van der Waals surface area (Å²) in [6.45, 7) is 0. The van der Waals surface area contributed by atoms with Crippen molar-refractivity contribution in [1.82, 2.24) is 0 Å². The Morgan fingerprint density at radius 2 is 1.61 bits per heavy atom. The molecule has 2 rings (SSSR count). The third-order valence-electron chi connectivity index (χ3n) is 3.23. The molecular weight excluding hydrogens is 305 g/mol. The average Bonchev–Trinajstić information content (AvgIpc) is 2.55. The number of nitrogens with one attached hydrogen (secondary N) is 1. The highest BCUT2D eigenvalue weighted by molar-refractivity contribution is 5.97. The van der Waals surface area contributed by atoms with Crippen LogP contribution in [-0.2, 0) is 4.79 Å². The topological polar surface area (TPSA) is 41.5 Å². The van der Waals surface area contributed by atoms with Gasteiger partial charge in [-0.2, -0.15) is 18.3 Å². The van der Waals surface area contributed by atoms with E-state index in [-0.39, 0.29) is 6.42 Å². The molecule has 0 saturated carbocycles. The molecular formula is C17H15F3N2O. The van der Waals surface area contributed by atoms with Gasteiger partial charge in [0.25, 0.3) is 0 Å². The fourth-order valence-electron chi connectivity index (χ4n) is 2.16. The number of para-hydroxylation sites is 1. The van der Waals surface area contributed by atoms with Crippen molar-refractivity contribution >= 4 is 17.7 Å². The molecule has 120 valence electrons. The summed E-state index contributed by atoms with van der Waals surface area (Å²) < 4.78 is 40.2. The molecule has 0 heterocycles. The summed E-state index contributed by atoms with van der Waals surface area (Å²) >= 11 is 0. The van der Waals surface area contributed by atoms with Gasteiger partial charge in [0, 0.05) is 12.3 Å². The van der Waals surface area contributed by atoms with Gasteiger partial charge in [-0.25, -0.2) is 0 Å². The number of hydrogen-bond donors (Lipinski definition) is 1. The lowest BCUT2D eigenvalue weighted by molar-refractivity contribution is -0.108. The summed E-state index contributed by atoms with van der Waals surface area (Å²) in [5.74, 6) is -1.15. The summed E-state index contributed by atoms with van der Waals surface area (Å²) in [6, 6.07) is 16.4. The van der Waals surface area contributed by atoms with Crippen LogP contribution in [0.15, 0.2) is 65.8 Å². The largest absolute Gasteiger partial charge is 0.431 e. The Hall–Kier alpha value is -2.63. The number of benzene rings is 2. The van der Waals surface area contributed by atoms with E-state index in [2.05, 4.69) is 10.5 Å². The molecule has 1 atom stereocenters. The highest BCUT2D eigenvalue weighted by Crippen LogP contribution is 2.31. The molecule has 0 aromatic heterocycles. The van der Waals surface area contributed by atoms with Gasteiger partial charge >= 0.3 is 6.18 Å². The predicted molar refractivity (Wildman–Crippen MR) is 83.4 cm³/mol. The van der Waals surface area contributed by atoms with Gasteiger partial charge in [-0.1, -0.05) is 48.5 Å². The first-order chi connectivity index (χ1) is 11.0. The van der Waals surface area contributed by atoms with E-state index in [4.69, 9.17) is 0 Å². The lowest BCUT2D eigenvalue weighted by atomic mass is 9.91. The van der Waals surface area contributed by atoms with E-state index < -0.39 is 17.8 Å². The van der Waals surface area contributed by atoms with Crippen molar-refractivity contribution in [3.8, 4) is 0 Å². The minimum Gasteiger partial charge on any atom is -0.303 e. The molecule has 0 aliphatic rings. The number of carbonyl (C=O) groups excluding carboxylic acids is 1. The van der Waals surface area contributed by atoms with E-state index in [1.807, 2.05) is 0 Å². The molecule has 0 aliphatic heterocycles. The number of carbonyl (C=O) groups is 1. The maximum atomic E-state index is 13.4. The number of nitrogens with zero attached hydrogens (tertiary/aromatic N) is 1. The van der Waals surface area contributed by atoms with Gasteiger partial charge < -0.3 is 4.79 Å². The summed E-state index contributed by atoms with van der Waals surface area (Å²) in [5.41, 5.74) is 2.22. The van der Waals surface area contributed by atoms with Crippen molar-refractivity contribution < 1.29 is 18.0 Å². The predicted octanol–water partition coefficient (Wildman–Crippen LogP) is 4.39. The molecule has 0 fully saturated rings. The third kappa shape index (κ3) is 4.67. The Balaban J connectivity index is 2.37. The van der Waals surface area contributed by atoms with Crippen molar-refractivity contribution in [3.05, 3.63) is 66.2 Å². The Morgan fingerprint density at radius 3 is 2.13 bits per heavy atom. The molecule has 1 N–H and O–H groups in total. The Morgan fingerprint density at radius 1 is 1.04 bits per heavy atom. The van der Waals surface area contributed by atoms with Gasteiger partial charge in [0.05, 0.1) is 5.69 Å². The van der Waals surface area contributed by atoms with Gasteiger partial charge in [-0.05, 0) is 17.7 Å². The normalized spacial score (nSPS) is 13.4. The molecule has 2 aromatic rings. The molecule has 0 bridgehead atoms. The van der Waals surface area contributed by atoms with Crippen LogP contribution in [0.3, 0.4) is 0 Å². The van der Waals surface area contributed by atoms with Gasteiger partial charge in [-0.3, -0.25) is 5.43 Å². The zero-order valence-corrected chi connectivity index (χ0v) is 12.1.